The maximum atomic E-state index is 13.2. The lowest BCUT2D eigenvalue weighted by Crippen LogP contribution is -2.33. The minimum Gasteiger partial charge on any atom is -0.305 e. The number of anilines is 2. The topological polar surface area (TPSA) is 40.6 Å². The van der Waals surface area contributed by atoms with Crippen molar-refractivity contribution < 1.29 is 9.59 Å². The third-order valence-corrected chi connectivity index (χ3v) is 4.61. The van der Waals surface area contributed by atoms with Gasteiger partial charge in [0.25, 0.3) is 11.8 Å². The summed E-state index contributed by atoms with van der Waals surface area (Å²) in [5.41, 5.74) is 2.43. The molecule has 0 heterocycles. The van der Waals surface area contributed by atoms with Gasteiger partial charge >= 0.3 is 0 Å². The molecular formula is C26H24N2O2. The molecule has 0 unspecified atom stereocenters. The van der Waals surface area contributed by atoms with E-state index < -0.39 is 0 Å². The van der Waals surface area contributed by atoms with Gasteiger partial charge in [0.1, 0.15) is 0 Å². The highest BCUT2D eigenvalue weighted by molar-refractivity contribution is 6.10. The summed E-state index contributed by atoms with van der Waals surface area (Å²) in [5.74, 6) is -0.378. The molecule has 3 aromatic carbocycles. The zero-order valence-corrected chi connectivity index (χ0v) is 16.8. The fourth-order valence-electron chi connectivity index (χ4n) is 3.18. The number of carbonyl (C=O) groups is 2. The molecule has 0 atom stereocenters. The van der Waals surface area contributed by atoms with Crippen LogP contribution in [0.15, 0.2) is 110 Å². The van der Waals surface area contributed by atoms with Gasteiger partial charge in [0.15, 0.2) is 0 Å². The van der Waals surface area contributed by atoms with E-state index in [4.69, 9.17) is 0 Å². The molecule has 3 aromatic rings. The van der Waals surface area contributed by atoms with Gasteiger partial charge in [-0.3, -0.25) is 9.59 Å². The van der Waals surface area contributed by atoms with E-state index in [-0.39, 0.29) is 11.8 Å². The van der Waals surface area contributed by atoms with Crippen LogP contribution < -0.4 is 9.80 Å². The zero-order chi connectivity index (χ0) is 21.3. The van der Waals surface area contributed by atoms with Gasteiger partial charge in [-0.1, -0.05) is 54.6 Å². The first-order valence-electron chi connectivity index (χ1n) is 9.71. The number of nitrogens with zero attached hydrogens (tertiary/aromatic N) is 2. The standard InChI is InChI=1S/C26H24N2O2/c1-3-18-27(23-14-7-5-8-15-23)25(29)21-12-11-13-22(20-21)26(30)28(19-4-2)24-16-9-6-10-17-24/h3-17,20H,1-2,18-19H2. The summed E-state index contributed by atoms with van der Waals surface area (Å²) < 4.78 is 0. The molecule has 2 amide bonds. The molecule has 0 saturated carbocycles. The molecule has 30 heavy (non-hydrogen) atoms. The number of carbonyl (C=O) groups excluding carboxylic acids is 2. The Balaban J connectivity index is 1.92. The molecule has 0 spiro atoms. The van der Waals surface area contributed by atoms with E-state index in [0.717, 1.165) is 11.4 Å². The number of hydrogen-bond donors (Lipinski definition) is 0. The molecule has 0 bridgehead atoms. The smallest absolute Gasteiger partial charge is 0.258 e. The second kappa shape index (κ2) is 10.0. The number of amides is 2. The Hall–Kier alpha value is -3.92. The third kappa shape index (κ3) is 4.73. The highest BCUT2D eigenvalue weighted by Gasteiger charge is 2.20. The van der Waals surface area contributed by atoms with Gasteiger partial charge in [-0.15, -0.1) is 13.2 Å². The first kappa shape index (κ1) is 20.8. The van der Waals surface area contributed by atoms with Crippen LogP contribution in [0.3, 0.4) is 0 Å². The lowest BCUT2D eigenvalue weighted by molar-refractivity contribution is 0.0989. The Labute approximate surface area is 177 Å². The molecule has 0 fully saturated rings. The van der Waals surface area contributed by atoms with Crippen molar-refractivity contribution in [2.24, 2.45) is 0 Å². The van der Waals surface area contributed by atoms with E-state index in [2.05, 4.69) is 13.2 Å². The zero-order valence-electron chi connectivity index (χ0n) is 16.8. The third-order valence-electron chi connectivity index (χ3n) is 4.61. The van der Waals surface area contributed by atoms with Gasteiger partial charge in [-0.05, 0) is 42.5 Å². The van der Waals surface area contributed by atoms with Crippen LogP contribution in [0.1, 0.15) is 20.7 Å². The second-order valence-electron chi connectivity index (χ2n) is 6.66. The van der Waals surface area contributed by atoms with Gasteiger partial charge in [0.05, 0.1) is 0 Å². The van der Waals surface area contributed by atoms with Crippen molar-refractivity contribution in [2.45, 2.75) is 0 Å². The summed E-state index contributed by atoms with van der Waals surface area (Å²) >= 11 is 0. The predicted molar refractivity (Wildman–Crippen MR) is 123 cm³/mol. The van der Waals surface area contributed by atoms with Gasteiger partial charge in [0, 0.05) is 35.6 Å². The van der Waals surface area contributed by atoms with E-state index in [1.54, 1.807) is 46.2 Å². The molecular weight excluding hydrogens is 372 g/mol. The molecule has 0 aromatic heterocycles. The van der Waals surface area contributed by atoms with Crippen molar-refractivity contribution in [1.82, 2.24) is 0 Å². The fraction of sp³-hybridized carbons (Fsp3) is 0.0769. The number of benzene rings is 3. The molecule has 0 N–H and O–H groups in total. The highest BCUT2D eigenvalue weighted by atomic mass is 16.2. The average Bonchev–Trinajstić information content (AvgIpc) is 2.81. The molecule has 150 valence electrons. The van der Waals surface area contributed by atoms with Crippen LogP contribution in [0, 0.1) is 0 Å². The van der Waals surface area contributed by atoms with Crippen molar-refractivity contribution in [2.75, 3.05) is 22.9 Å². The molecule has 3 rings (SSSR count). The van der Waals surface area contributed by atoms with Crippen molar-refractivity contribution in [3.05, 3.63) is 121 Å². The highest BCUT2D eigenvalue weighted by Crippen LogP contribution is 2.20. The monoisotopic (exact) mass is 396 g/mol. The minimum absolute atomic E-state index is 0.189. The van der Waals surface area contributed by atoms with Crippen LogP contribution in [0.2, 0.25) is 0 Å². The van der Waals surface area contributed by atoms with Crippen molar-refractivity contribution >= 4 is 23.2 Å². The molecule has 0 aliphatic carbocycles. The summed E-state index contributed by atoms with van der Waals surface area (Å²) in [6, 6.07) is 25.6. The number of para-hydroxylation sites is 2. The van der Waals surface area contributed by atoms with Gasteiger partial charge < -0.3 is 9.80 Å². The summed E-state index contributed by atoms with van der Waals surface area (Å²) in [6.07, 6.45) is 3.36. The van der Waals surface area contributed by atoms with Crippen molar-refractivity contribution in [3.8, 4) is 0 Å². The maximum Gasteiger partial charge on any atom is 0.258 e. The van der Waals surface area contributed by atoms with Crippen LogP contribution in [0.5, 0.6) is 0 Å². The normalized spacial score (nSPS) is 10.1. The maximum absolute atomic E-state index is 13.2. The van der Waals surface area contributed by atoms with Crippen LogP contribution in [-0.4, -0.2) is 24.9 Å². The summed E-state index contributed by atoms with van der Waals surface area (Å²) in [7, 11) is 0. The fourth-order valence-corrected chi connectivity index (χ4v) is 3.18. The van der Waals surface area contributed by atoms with Gasteiger partial charge in [-0.2, -0.15) is 0 Å². The molecule has 0 saturated heterocycles. The average molecular weight is 396 g/mol. The number of hydrogen-bond acceptors (Lipinski definition) is 2. The summed E-state index contributed by atoms with van der Waals surface area (Å²) in [5, 5.41) is 0. The minimum atomic E-state index is -0.189. The van der Waals surface area contributed by atoms with Crippen molar-refractivity contribution in [1.29, 1.82) is 0 Å². The SMILES string of the molecule is C=CCN(C(=O)c1cccc(C(=O)N(CC=C)c2ccccc2)c1)c1ccccc1. The predicted octanol–water partition coefficient (Wildman–Crippen LogP) is 5.35. The first-order chi connectivity index (χ1) is 14.7. The molecule has 0 aliphatic rings. The number of rotatable bonds is 8. The second-order valence-corrected chi connectivity index (χ2v) is 6.66. The van der Waals surface area contributed by atoms with Gasteiger partial charge in [-0.25, -0.2) is 0 Å². The van der Waals surface area contributed by atoms with E-state index in [1.165, 1.54) is 0 Å². The van der Waals surface area contributed by atoms with E-state index in [0.29, 0.717) is 24.2 Å². The van der Waals surface area contributed by atoms with E-state index in [9.17, 15) is 9.59 Å². The summed E-state index contributed by atoms with van der Waals surface area (Å²) in [4.78, 5) is 29.7. The molecule has 4 heteroatoms. The lowest BCUT2D eigenvalue weighted by atomic mass is 10.1. The van der Waals surface area contributed by atoms with Crippen LogP contribution in [0.4, 0.5) is 11.4 Å². The summed E-state index contributed by atoms with van der Waals surface area (Å²) in [6.45, 7) is 8.26. The Morgan fingerprint density at radius 3 is 1.40 bits per heavy atom. The van der Waals surface area contributed by atoms with Crippen LogP contribution in [-0.2, 0) is 0 Å². The Bertz CT molecular complexity index is 948. The molecule has 0 radical (unpaired) electrons. The Kier molecular flexibility index (Phi) is 6.95. The molecule has 0 aliphatic heterocycles. The Morgan fingerprint density at radius 2 is 1.03 bits per heavy atom. The van der Waals surface area contributed by atoms with E-state index in [1.807, 2.05) is 60.7 Å². The quantitative estimate of drug-likeness (QED) is 0.482. The Morgan fingerprint density at radius 1 is 0.633 bits per heavy atom. The molecule has 4 nitrogen and oxygen atoms in total. The first-order valence-corrected chi connectivity index (χ1v) is 9.71. The van der Waals surface area contributed by atoms with Crippen LogP contribution in [0.25, 0.3) is 0 Å². The van der Waals surface area contributed by atoms with Crippen LogP contribution >= 0.6 is 0 Å². The van der Waals surface area contributed by atoms with Crippen molar-refractivity contribution in [3.63, 3.8) is 0 Å². The lowest BCUT2D eigenvalue weighted by Gasteiger charge is -2.23. The van der Waals surface area contributed by atoms with Gasteiger partial charge in [0.2, 0.25) is 0 Å². The van der Waals surface area contributed by atoms with E-state index >= 15 is 0 Å². The largest absolute Gasteiger partial charge is 0.305 e.